The molecule has 1 heterocycles. The molecule has 0 fully saturated rings. The zero-order chi connectivity index (χ0) is 27.4. The second-order valence-corrected chi connectivity index (χ2v) is 8.37. The number of H-pyrrole nitrogens is 1. The van der Waals surface area contributed by atoms with Gasteiger partial charge in [-0.05, 0) is 30.5 Å². The molecule has 5 amide bonds. The first kappa shape index (κ1) is 29.0. The van der Waals surface area contributed by atoms with Crippen molar-refractivity contribution in [2.45, 2.75) is 57.3 Å². The van der Waals surface area contributed by atoms with Crippen molar-refractivity contribution >= 4 is 29.5 Å². The van der Waals surface area contributed by atoms with Crippen LogP contribution in [-0.4, -0.2) is 64.4 Å². The Bertz CT molecular complexity index is 1060. The molecule has 37 heavy (non-hydrogen) atoms. The van der Waals surface area contributed by atoms with Crippen LogP contribution in [-0.2, 0) is 19.2 Å². The lowest BCUT2D eigenvalue weighted by atomic mass is 10.0. The second-order valence-electron chi connectivity index (χ2n) is 8.37. The zero-order valence-electron chi connectivity index (χ0n) is 20.8. The third-order valence-electron chi connectivity index (χ3n) is 5.68. The van der Waals surface area contributed by atoms with Gasteiger partial charge < -0.3 is 37.1 Å². The number of aliphatic hydroxyl groups is 1. The number of amides is 5. The molecule has 2 rings (SSSR count). The molecule has 1 aromatic heterocycles. The summed E-state index contributed by atoms with van der Waals surface area (Å²) < 4.78 is 0. The fourth-order valence-electron chi connectivity index (χ4n) is 3.55. The number of carbonyl (C=O) groups excluding carboxylic acids is 5. The standard InChI is InChI=1S/C25H34N6O6/c1-3-16(22(26)34)28-21(33)13-19(15-9-6-5-7-10-15)30-25(37)20(14-32)31-23(35)17(4-2)29-24(36)18-11-8-12-27-18/h5-12,16-17,19-20,27,32H,3-4,13-14H2,1-2H3,(H2,26,34)(H,28,33)(H,29,36)(H,30,37)(H,31,35)/t16-,17-,19+,20-/m0/s1. The molecule has 0 saturated heterocycles. The Hall–Kier alpha value is -4.19. The van der Waals surface area contributed by atoms with Gasteiger partial charge in [0.15, 0.2) is 0 Å². The minimum absolute atomic E-state index is 0.213. The number of carbonyl (C=O) groups is 5. The number of hydrogen-bond acceptors (Lipinski definition) is 6. The van der Waals surface area contributed by atoms with Gasteiger partial charge in [0.05, 0.1) is 19.1 Å². The van der Waals surface area contributed by atoms with Crippen molar-refractivity contribution in [3.05, 3.63) is 59.9 Å². The summed E-state index contributed by atoms with van der Waals surface area (Å²) in [4.78, 5) is 64.9. The molecule has 1 aromatic carbocycles. The monoisotopic (exact) mass is 514 g/mol. The smallest absolute Gasteiger partial charge is 0.268 e. The van der Waals surface area contributed by atoms with E-state index in [4.69, 9.17) is 5.73 Å². The van der Waals surface area contributed by atoms with E-state index in [0.717, 1.165) is 0 Å². The van der Waals surface area contributed by atoms with Crippen LogP contribution < -0.4 is 27.0 Å². The Morgan fingerprint density at radius 1 is 0.838 bits per heavy atom. The van der Waals surface area contributed by atoms with Crippen molar-refractivity contribution in [1.82, 2.24) is 26.3 Å². The molecule has 2 aromatic rings. The maximum absolute atomic E-state index is 13.0. The van der Waals surface area contributed by atoms with Crippen molar-refractivity contribution in [3.63, 3.8) is 0 Å². The number of nitrogens with one attached hydrogen (secondary N) is 5. The summed E-state index contributed by atoms with van der Waals surface area (Å²) in [6.07, 6.45) is 1.90. The highest BCUT2D eigenvalue weighted by Gasteiger charge is 2.28. The van der Waals surface area contributed by atoms with Gasteiger partial charge in [-0.15, -0.1) is 0 Å². The molecular formula is C25H34N6O6. The summed E-state index contributed by atoms with van der Waals surface area (Å²) in [6.45, 7) is 2.67. The third kappa shape index (κ3) is 8.76. The first-order valence-electron chi connectivity index (χ1n) is 12.0. The quantitative estimate of drug-likeness (QED) is 0.179. The number of primary amides is 1. The normalized spacial score (nSPS) is 13.9. The van der Waals surface area contributed by atoms with Crippen LogP contribution in [0.4, 0.5) is 0 Å². The van der Waals surface area contributed by atoms with E-state index in [0.29, 0.717) is 12.0 Å². The molecule has 0 radical (unpaired) electrons. The number of nitrogens with two attached hydrogens (primary N) is 1. The highest BCUT2D eigenvalue weighted by molar-refractivity contribution is 5.97. The Morgan fingerprint density at radius 2 is 1.49 bits per heavy atom. The topological polar surface area (TPSA) is 196 Å². The molecular weight excluding hydrogens is 480 g/mol. The van der Waals surface area contributed by atoms with Gasteiger partial charge >= 0.3 is 0 Å². The van der Waals surface area contributed by atoms with Gasteiger partial charge in [-0.3, -0.25) is 24.0 Å². The molecule has 0 aliphatic heterocycles. The van der Waals surface area contributed by atoms with Crippen molar-refractivity contribution in [2.24, 2.45) is 5.73 Å². The van der Waals surface area contributed by atoms with E-state index in [2.05, 4.69) is 26.3 Å². The van der Waals surface area contributed by atoms with Crippen LogP contribution in [0.3, 0.4) is 0 Å². The number of aliphatic hydroxyl groups excluding tert-OH is 1. The number of hydrogen-bond donors (Lipinski definition) is 7. The van der Waals surface area contributed by atoms with Crippen LogP contribution in [0.25, 0.3) is 0 Å². The lowest BCUT2D eigenvalue weighted by molar-refractivity contribution is -0.132. The summed E-state index contributed by atoms with van der Waals surface area (Å²) in [5, 5.41) is 20.1. The van der Waals surface area contributed by atoms with Gasteiger partial charge in [0, 0.05) is 6.20 Å². The largest absolute Gasteiger partial charge is 0.394 e. The van der Waals surface area contributed by atoms with Gasteiger partial charge in [-0.25, -0.2) is 0 Å². The van der Waals surface area contributed by atoms with E-state index in [-0.39, 0.29) is 18.5 Å². The molecule has 0 aliphatic carbocycles. The number of aromatic nitrogens is 1. The predicted octanol–water partition coefficient (Wildman–Crippen LogP) is -0.372. The minimum atomic E-state index is -1.34. The fourth-order valence-corrected chi connectivity index (χ4v) is 3.55. The molecule has 12 heteroatoms. The third-order valence-corrected chi connectivity index (χ3v) is 5.68. The molecule has 12 nitrogen and oxygen atoms in total. The molecule has 200 valence electrons. The first-order chi connectivity index (χ1) is 17.7. The Morgan fingerprint density at radius 3 is 2.03 bits per heavy atom. The maximum Gasteiger partial charge on any atom is 0.268 e. The van der Waals surface area contributed by atoms with Crippen LogP contribution >= 0.6 is 0 Å². The molecule has 0 spiro atoms. The summed E-state index contributed by atoms with van der Waals surface area (Å²) in [5.74, 6) is -3.06. The van der Waals surface area contributed by atoms with E-state index in [1.165, 1.54) is 0 Å². The Kier molecular flexibility index (Phi) is 11.3. The molecule has 0 aliphatic rings. The van der Waals surface area contributed by atoms with Crippen LogP contribution in [0, 0.1) is 0 Å². The van der Waals surface area contributed by atoms with Crippen LogP contribution in [0.15, 0.2) is 48.7 Å². The Labute approximate surface area is 214 Å². The first-order valence-corrected chi connectivity index (χ1v) is 12.0. The summed E-state index contributed by atoms with van der Waals surface area (Å²) >= 11 is 0. The summed E-state index contributed by atoms with van der Waals surface area (Å²) in [7, 11) is 0. The van der Waals surface area contributed by atoms with Gasteiger partial charge in [0.2, 0.25) is 23.6 Å². The second kappa shape index (κ2) is 14.4. The van der Waals surface area contributed by atoms with Crippen LogP contribution in [0.1, 0.15) is 55.2 Å². The van der Waals surface area contributed by atoms with E-state index >= 15 is 0 Å². The number of rotatable bonds is 14. The van der Waals surface area contributed by atoms with Crippen molar-refractivity contribution in [2.75, 3.05) is 6.61 Å². The summed E-state index contributed by atoms with van der Waals surface area (Å²) in [5.41, 5.74) is 6.17. The van der Waals surface area contributed by atoms with E-state index in [1.54, 1.807) is 62.5 Å². The van der Waals surface area contributed by atoms with E-state index < -0.39 is 60.3 Å². The maximum atomic E-state index is 13.0. The summed E-state index contributed by atoms with van der Waals surface area (Å²) in [6, 6.07) is 7.88. The Balaban J connectivity index is 2.09. The highest BCUT2D eigenvalue weighted by Crippen LogP contribution is 2.17. The molecule has 0 unspecified atom stereocenters. The number of aromatic amines is 1. The predicted molar refractivity (Wildman–Crippen MR) is 135 cm³/mol. The van der Waals surface area contributed by atoms with Gasteiger partial charge in [0.1, 0.15) is 23.8 Å². The number of benzene rings is 1. The SMILES string of the molecule is CC[C@H](NC(=O)C[C@@H](NC(=O)[C@H](CO)NC(=O)[C@H](CC)NC(=O)c1ccc[nH]1)c1ccccc1)C(N)=O. The van der Waals surface area contributed by atoms with Crippen LogP contribution in [0.5, 0.6) is 0 Å². The minimum Gasteiger partial charge on any atom is -0.394 e. The molecule has 0 saturated carbocycles. The average Bonchev–Trinajstić information content (AvgIpc) is 3.43. The van der Waals surface area contributed by atoms with Crippen molar-refractivity contribution < 1.29 is 29.1 Å². The lowest BCUT2D eigenvalue weighted by Gasteiger charge is -2.25. The van der Waals surface area contributed by atoms with Gasteiger partial charge in [0.25, 0.3) is 5.91 Å². The van der Waals surface area contributed by atoms with E-state index in [9.17, 15) is 29.1 Å². The molecule has 4 atom stereocenters. The van der Waals surface area contributed by atoms with Crippen LogP contribution in [0.2, 0.25) is 0 Å². The van der Waals surface area contributed by atoms with Crippen molar-refractivity contribution in [3.8, 4) is 0 Å². The van der Waals surface area contributed by atoms with E-state index in [1.807, 2.05) is 0 Å². The van der Waals surface area contributed by atoms with Gasteiger partial charge in [-0.2, -0.15) is 0 Å². The van der Waals surface area contributed by atoms with Gasteiger partial charge in [-0.1, -0.05) is 44.2 Å². The fraction of sp³-hybridized carbons (Fsp3) is 0.400. The zero-order valence-corrected chi connectivity index (χ0v) is 20.8. The molecule has 0 bridgehead atoms. The highest BCUT2D eigenvalue weighted by atomic mass is 16.3. The molecule has 8 N–H and O–H groups in total. The average molecular weight is 515 g/mol. The lowest BCUT2D eigenvalue weighted by Crippen LogP contribution is -2.55. The van der Waals surface area contributed by atoms with Crippen molar-refractivity contribution in [1.29, 1.82) is 0 Å².